The van der Waals surface area contributed by atoms with E-state index in [1.807, 2.05) is 17.5 Å². The van der Waals surface area contributed by atoms with E-state index in [1.165, 1.54) is 11.3 Å². The molecule has 0 saturated carbocycles. The summed E-state index contributed by atoms with van der Waals surface area (Å²) >= 11 is 1.49. The third-order valence-electron chi connectivity index (χ3n) is 4.21. The van der Waals surface area contributed by atoms with Gasteiger partial charge in [0, 0.05) is 30.6 Å². The van der Waals surface area contributed by atoms with Crippen molar-refractivity contribution in [2.45, 2.75) is 25.8 Å². The molecule has 0 aliphatic carbocycles. The number of hydrogen-bond acceptors (Lipinski definition) is 6. The van der Waals surface area contributed by atoms with E-state index >= 15 is 0 Å². The zero-order valence-electron chi connectivity index (χ0n) is 14.1. The number of furan rings is 1. The molecule has 0 bridgehead atoms. The molecule has 0 aromatic carbocycles. The van der Waals surface area contributed by atoms with Crippen molar-refractivity contribution in [2.24, 2.45) is 0 Å². The molecular formula is C17H23N3O3S. The third-order valence-corrected chi connectivity index (χ3v) is 5.12. The first-order chi connectivity index (χ1) is 11.5. The predicted molar refractivity (Wildman–Crippen MR) is 93.0 cm³/mol. The minimum absolute atomic E-state index is 0.00682. The number of amides is 1. The molecule has 1 aliphatic heterocycles. The lowest BCUT2D eigenvalue weighted by atomic mass is 10.0. The standard InChI is InChI=1S/C17H23N3O3S/c1-17(2,20-5-8-22-9-6-20)12-18-15(21)10-13-11-24-16(19-13)14-4-3-7-23-14/h3-4,7,11H,5-6,8-10,12H2,1-2H3,(H,18,21). The highest BCUT2D eigenvalue weighted by molar-refractivity contribution is 7.13. The van der Waals surface area contributed by atoms with Gasteiger partial charge in [-0.1, -0.05) is 0 Å². The highest BCUT2D eigenvalue weighted by Gasteiger charge is 2.28. The fraction of sp³-hybridized carbons (Fsp3) is 0.529. The molecule has 130 valence electrons. The van der Waals surface area contributed by atoms with Gasteiger partial charge in [-0.3, -0.25) is 9.69 Å². The SMILES string of the molecule is CC(C)(CNC(=O)Cc1csc(-c2ccco2)n1)N1CCOCC1. The van der Waals surface area contributed by atoms with E-state index in [1.54, 1.807) is 6.26 Å². The van der Waals surface area contributed by atoms with Crippen molar-refractivity contribution in [2.75, 3.05) is 32.8 Å². The maximum atomic E-state index is 12.2. The lowest BCUT2D eigenvalue weighted by molar-refractivity contribution is -0.121. The van der Waals surface area contributed by atoms with Crippen LogP contribution >= 0.6 is 11.3 Å². The van der Waals surface area contributed by atoms with Crippen molar-refractivity contribution < 1.29 is 13.9 Å². The van der Waals surface area contributed by atoms with Gasteiger partial charge in [0.1, 0.15) is 0 Å². The predicted octanol–water partition coefficient (Wildman–Crippen LogP) is 2.17. The average molecular weight is 349 g/mol. The van der Waals surface area contributed by atoms with Crippen LogP contribution in [0.5, 0.6) is 0 Å². The number of morpholine rings is 1. The summed E-state index contributed by atoms with van der Waals surface area (Å²) in [4.78, 5) is 19.0. The van der Waals surface area contributed by atoms with Crippen molar-refractivity contribution in [3.63, 3.8) is 0 Å². The molecule has 2 aromatic rings. The van der Waals surface area contributed by atoms with E-state index in [9.17, 15) is 4.79 Å². The quantitative estimate of drug-likeness (QED) is 0.866. The van der Waals surface area contributed by atoms with Crippen LogP contribution in [-0.4, -0.2) is 54.2 Å². The molecule has 6 nitrogen and oxygen atoms in total. The van der Waals surface area contributed by atoms with Gasteiger partial charge in [0.15, 0.2) is 10.8 Å². The van der Waals surface area contributed by atoms with Gasteiger partial charge in [0.25, 0.3) is 0 Å². The number of nitrogens with one attached hydrogen (secondary N) is 1. The molecule has 2 aromatic heterocycles. The smallest absolute Gasteiger partial charge is 0.226 e. The van der Waals surface area contributed by atoms with Gasteiger partial charge in [-0.25, -0.2) is 4.98 Å². The van der Waals surface area contributed by atoms with E-state index in [4.69, 9.17) is 9.15 Å². The van der Waals surface area contributed by atoms with Crippen LogP contribution in [0.1, 0.15) is 19.5 Å². The Morgan fingerprint density at radius 2 is 2.21 bits per heavy atom. The second-order valence-electron chi connectivity index (χ2n) is 6.49. The summed E-state index contributed by atoms with van der Waals surface area (Å²) in [6.07, 6.45) is 1.91. The fourth-order valence-corrected chi connectivity index (χ4v) is 3.51. The van der Waals surface area contributed by atoms with Crippen LogP contribution in [0.2, 0.25) is 0 Å². The summed E-state index contributed by atoms with van der Waals surface area (Å²) in [5, 5.41) is 5.74. The molecule has 3 rings (SSSR count). The number of aromatic nitrogens is 1. The normalized spacial score (nSPS) is 16.2. The van der Waals surface area contributed by atoms with E-state index in [0.29, 0.717) is 6.54 Å². The van der Waals surface area contributed by atoms with Gasteiger partial charge < -0.3 is 14.5 Å². The molecule has 1 amide bonds. The Morgan fingerprint density at radius 1 is 1.42 bits per heavy atom. The molecule has 1 aliphatic rings. The molecule has 0 radical (unpaired) electrons. The van der Waals surface area contributed by atoms with E-state index < -0.39 is 0 Å². The van der Waals surface area contributed by atoms with E-state index in [-0.39, 0.29) is 17.9 Å². The van der Waals surface area contributed by atoms with Gasteiger partial charge in [0.05, 0.1) is 31.6 Å². The maximum Gasteiger partial charge on any atom is 0.226 e. The molecule has 0 unspecified atom stereocenters. The summed E-state index contributed by atoms with van der Waals surface area (Å²) in [5.74, 6) is 0.729. The molecule has 3 heterocycles. The van der Waals surface area contributed by atoms with Crippen molar-refractivity contribution >= 4 is 17.2 Å². The van der Waals surface area contributed by atoms with Crippen LogP contribution in [-0.2, 0) is 16.0 Å². The number of carbonyl (C=O) groups is 1. The number of thiazole rings is 1. The van der Waals surface area contributed by atoms with Gasteiger partial charge in [-0.15, -0.1) is 11.3 Å². The number of ether oxygens (including phenoxy) is 1. The van der Waals surface area contributed by atoms with Crippen LogP contribution < -0.4 is 5.32 Å². The molecule has 24 heavy (non-hydrogen) atoms. The Labute approximate surface area is 145 Å². The largest absolute Gasteiger partial charge is 0.462 e. The van der Waals surface area contributed by atoms with Crippen LogP contribution in [0, 0.1) is 0 Å². The minimum Gasteiger partial charge on any atom is -0.462 e. The Balaban J connectivity index is 1.50. The first kappa shape index (κ1) is 17.1. The molecule has 1 saturated heterocycles. The molecule has 0 atom stereocenters. The van der Waals surface area contributed by atoms with Crippen LogP contribution in [0.4, 0.5) is 0 Å². The van der Waals surface area contributed by atoms with Gasteiger partial charge in [0.2, 0.25) is 5.91 Å². The van der Waals surface area contributed by atoms with Crippen LogP contribution in [0.15, 0.2) is 28.2 Å². The zero-order valence-corrected chi connectivity index (χ0v) is 14.9. The highest BCUT2D eigenvalue weighted by atomic mass is 32.1. The van der Waals surface area contributed by atoms with Crippen molar-refractivity contribution in [1.82, 2.24) is 15.2 Å². The Hall–Kier alpha value is -1.70. The zero-order chi connectivity index (χ0) is 17.0. The second kappa shape index (κ2) is 7.46. The lowest BCUT2D eigenvalue weighted by Gasteiger charge is -2.40. The van der Waals surface area contributed by atoms with Crippen molar-refractivity contribution in [3.8, 4) is 10.8 Å². The Bertz CT molecular complexity index is 660. The van der Waals surface area contributed by atoms with E-state index in [0.717, 1.165) is 42.8 Å². The number of nitrogens with zero attached hydrogens (tertiary/aromatic N) is 2. The molecular weight excluding hydrogens is 326 g/mol. The summed E-state index contributed by atoms with van der Waals surface area (Å²) in [6, 6.07) is 3.70. The van der Waals surface area contributed by atoms with Crippen molar-refractivity contribution in [1.29, 1.82) is 0 Å². The second-order valence-corrected chi connectivity index (χ2v) is 7.34. The topological polar surface area (TPSA) is 67.6 Å². The fourth-order valence-electron chi connectivity index (χ4n) is 2.72. The highest BCUT2D eigenvalue weighted by Crippen LogP contribution is 2.24. The molecule has 0 spiro atoms. The maximum absolute atomic E-state index is 12.2. The average Bonchev–Trinajstić information content (AvgIpc) is 3.25. The summed E-state index contributed by atoms with van der Waals surface area (Å²) < 4.78 is 10.7. The summed E-state index contributed by atoms with van der Waals surface area (Å²) in [5.41, 5.74) is 0.689. The monoisotopic (exact) mass is 349 g/mol. The van der Waals surface area contributed by atoms with Crippen LogP contribution in [0.3, 0.4) is 0 Å². The number of hydrogen-bond donors (Lipinski definition) is 1. The minimum atomic E-state index is -0.0825. The van der Waals surface area contributed by atoms with Crippen LogP contribution in [0.25, 0.3) is 10.8 Å². The third kappa shape index (κ3) is 4.23. The van der Waals surface area contributed by atoms with Gasteiger partial charge in [-0.2, -0.15) is 0 Å². The lowest BCUT2D eigenvalue weighted by Crippen LogP contribution is -2.55. The Morgan fingerprint density at radius 3 is 2.92 bits per heavy atom. The first-order valence-electron chi connectivity index (χ1n) is 8.12. The molecule has 1 N–H and O–H groups in total. The molecule has 1 fully saturated rings. The summed E-state index contributed by atoms with van der Waals surface area (Å²) in [7, 11) is 0. The first-order valence-corrected chi connectivity index (χ1v) is 9.00. The van der Waals surface area contributed by atoms with E-state index in [2.05, 4.69) is 29.0 Å². The number of carbonyl (C=O) groups excluding carboxylic acids is 1. The van der Waals surface area contributed by atoms with Gasteiger partial charge >= 0.3 is 0 Å². The Kier molecular flexibility index (Phi) is 5.33. The summed E-state index contributed by atoms with van der Waals surface area (Å²) in [6.45, 7) is 8.23. The molecule has 7 heteroatoms. The van der Waals surface area contributed by atoms with Crippen molar-refractivity contribution in [3.05, 3.63) is 29.5 Å². The number of rotatable bonds is 6. The van der Waals surface area contributed by atoms with Gasteiger partial charge in [-0.05, 0) is 26.0 Å².